The van der Waals surface area contributed by atoms with Gasteiger partial charge in [0.1, 0.15) is 21.5 Å². The maximum absolute atomic E-state index is 14.7. The van der Waals surface area contributed by atoms with E-state index in [-0.39, 0.29) is 29.5 Å². The summed E-state index contributed by atoms with van der Waals surface area (Å²) in [7, 11) is 0. The molecule has 1 atom stereocenters. The second-order valence-electron chi connectivity index (χ2n) is 7.39. The first kappa shape index (κ1) is 24.6. The molecule has 0 aliphatic carbocycles. The first-order valence-corrected chi connectivity index (χ1v) is 12.4. The van der Waals surface area contributed by atoms with Crippen LogP contribution < -0.4 is 5.01 Å². The van der Waals surface area contributed by atoms with Crippen molar-refractivity contribution in [3.05, 3.63) is 92.8 Å². The number of benzene rings is 2. The minimum atomic E-state index is -0.913. The van der Waals surface area contributed by atoms with Crippen LogP contribution in [0.15, 0.2) is 64.1 Å². The largest absolute Gasteiger partial charge is 0.461 e. The van der Waals surface area contributed by atoms with E-state index in [0.717, 1.165) is 23.8 Å². The number of azide groups is 1. The van der Waals surface area contributed by atoms with E-state index in [1.165, 1.54) is 23.1 Å². The van der Waals surface area contributed by atoms with Gasteiger partial charge in [-0.3, -0.25) is 0 Å². The number of hydrogen-bond acceptors (Lipinski definition) is 8. The number of hydrogen-bond donors (Lipinski definition) is 0. The molecule has 35 heavy (non-hydrogen) atoms. The molecule has 180 valence electrons. The van der Waals surface area contributed by atoms with Crippen molar-refractivity contribution in [3.63, 3.8) is 0 Å². The van der Waals surface area contributed by atoms with Gasteiger partial charge in [0.15, 0.2) is 5.69 Å². The van der Waals surface area contributed by atoms with Gasteiger partial charge in [0.2, 0.25) is 5.13 Å². The fraction of sp³-hybridized carbons (Fsp3) is 0.261. The number of aromatic nitrogens is 1. The summed E-state index contributed by atoms with van der Waals surface area (Å²) >= 11 is 2.45. The van der Waals surface area contributed by atoms with Gasteiger partial charge in [-0.1, -0.05) is 47.2 Å². The third-order valence-electron chi connectivity index (χ3n) is 5.18. The molecule has 0 amide bonds. The summed E-state index contributed by atoms with van der Waals surface area (Å²) in [5, 5.41) is 12.2. The summed E-state index contributed by atoms with van der Waals surface area (Å²) in [6, 6.07) is 12.6. The van der Waals surface area contributed by atoms with E-state index in [9.17, 15) is 13.6 Å². The molecule has 0 bridgehead atoms. The van der Waals surface area contributed by atoms with Crippen molar-refractivity contribution >= 4 is 39.2 Å². The Hall–Kier alpha value is -3.47. The number of hydrazone groups is 1. The second-order valence-corrected chi connectivity index (χ2v) is 9.49. The predicted octanol–water partition coefficient (Wildman–Crippen LogP) is 6.46. The van der Waals surface area contributed by atoms with Crippen molar-refractivity contribution in [3.8, 4) is 0 Å². The minimum Gasteiger partial charge on any atom is -0.461 e. The van der Waals surface area contributed by atoms with E-state index in [1.807, 2.05) is 30.3 Å². The summed E-state index contributed by atoms with van der Waals surface area (Å²) in [6.07, 6.45) is 0.936. The molecule has 0 saturated heterocycles. The van der Waals surface area contributed by atoms with Gasteiger partial charge in [-0.2, -0.15) is 5.10 Å². The summed E-state index contributed by atoms with van der Waals surface area (Å²) in [4.78, 5) is 18.6. The van der Waals surface area contributed by atoms with E-state index in [0.29, 0.717) is 18.0 Å². The van der Waals surface area contributed by atoms with Crippen molar-refractivity contribution in [2.45, 2.75) is 24.6 Å². The number of ether oxygens (including phenoxy) is 1. The van der Waals surface area contributed by atoms with Gasteiger partial charge in [0.25, 0.3) is 0 Å². The summed E-state index contributed by atoms with van der Waals surface area (Å²) in [5.41, 5.74) is 9.70. The molecule has 4 rings (SSSR count). The van der Waals surface area contributed by atoms with E-state index >= 15 is 0 Å². The number of thioether (sulfide) groups is 1. The van der Waals surface area contributed by atoms with Gasteiger partial charge in [-0.15, -0.1) is 11.3 Å². The molecule has 1 unspecified atom stereocenters. The number of nitrogens with zero attached hydrogens (tertiary/aromatic N) is 6. The maximum Gasteiger partial charge on any atom is 0.357 e. The van der Waals surface area contributed by atoms with Crippen molar-refractivity contribution < 1.29 is 18.3 Å². The van der Waals surface area contributed by atoms with Crippen LogP contribution in [0.1, 0.15) is 41.4 Å². The predicted molar refractivity (Wildman–Crippen MR) is 132 cm³/mol. The highest BCUT2D eigenvalue weighted by Gasteiger charge is 2.47. The third-order valence-corrected chi connectivity index (χ3v) is 7.44. The minimum absolute atomic E-state index is 0.0232. The van der Waals surface area contributed by atoms with Crippen LogP contribution in [-0.2, 0) is 9.61 Å². The third kappa shape index (κ3) is 5.14. The summed E-state index contributed by atoms with van der Waals surface area (Å²) < 4.78 is 33.8. The fourth-order valence-corrected chi connectivity index (χ4v) is 5.93. The Morgan fingerprint density at radius 2 is 2.06 bits per heavy atom. The Morgan fingerprint density at radius 1 is 1.26 bits per heavy atom. The van der Waals surface area contributed by atoms with Gasteiger partial charge >= 0.3 is 5.97 Å². The van der Waals surface area contributed by atoms with Crippen molar-refractivity contribution in [2.24, 2.45) is 10.2 Å². The highest BCUT2D eigenvalue weighted by atomic mass is 32.2. The number of halogens is 2. The first-order valence-electron chi connectivity index (χ1n) is 10.7. The summed E-state index contributed by atoms with van der Waals surface area (Å²) in [6.45, 7) is 2.16. The van der Waals surface area contributed by atoms with E-state index in [1.54, 1.807) is 17.3 Å². The zero-order chi connectivity index (χ0) is 24.8. The zero-order valence-electron chi connectivity index (χ0n) is 18.6. The monoisotopic (exact) mass is 514 g/mol. The Labute approximate surface area is 208 Å². The van der Waals surface area contributed by atoms with Crippen LogP contribution in [0.25, 0.3) is 10.4 Å². The van der Waals surface area contributed by atoms with Crippen LogP contribution in [0, 0.1) is 11.6 Å². The van der Waals surface area contributed by atoms with E-state index < -0.39 is 22.5 Å². The number of esters is 1. The molecule has 1 aliphatic heterocycles. The van der Waals surface area contributed by atoms with Gasteiger partial charge in [-0.05, 0) is 49.1 Å². The zero-order valence-corrected chi connectivity index (χ0v) is 20.2. The quantitative estimate of drug-likeness (QED) is 0.107. The standard InChI is InChI=1S/C23H20F2N6O2S2/c1-2-33-21(32)19-14-34-22(28-19)31-23(11-6-12-27-30-26,15-7-4-3-5-8-15)35-20(29-31)17-13-16(24)9-10-18(17)25/h3-5,7-10,13-14H,2,6,11-12H2,1H3. The van der Waals surface area contributed by atoms with Crippen molar-refractivity contribution in [1.29, 1.82) is 0 Å². The van der Waals surface area contributed by atoms with Crippen LogP contribution in [0.5, 0.6) is 0 Å². The van der Waals surface area contributed by atoms with Crippen LogP contribution in [0.2, 0.25) is 0 Å². The number of rotatable bonds is 9. The number of anilines is 1. The Balaban J connectivity index is 1.84. The molecule has 0 spiro atoms. The lowest BCUT2D eigenvalue weighted by Gasteiger charge is -2.35. The summed E-state index contributed by atoms with van der Waals surface area (Å²) in [5.74, 6) is -1.76. The smallest absolute Gasteiger partial charge is 0.357 e. The molecule has 3 aromatic rings. The molecule has 8 nitrogen and oxygen atoms in total. The molecule has 0 fully saturated rings. The molecule has 0 N–H and O–H groups in total. The molecule has 0 saturated carbocycles. The van der Waals surface area contributed by atoms with E-state index in [4.69, 9.17) is 10.3 Å². The van der Waals surface area contributed by atoms with E-state index in [2.05, 4.69) is 20.1 Å². The molecule has 2 heterocycles. The van der Waals surface area contributed by atoms with Gasteiger partial charge in [-0.25, -0.2) is 23.6 Å². The average Bonchev–Trinajstić information content (AvgIpc) is 3.50. The molecule has 12 heteroatoms. The normalized spacial score (nSPS) is 17.1. The molecular formula is C23H20F2N6O2S2. The number of thiazole rings is 1. The lowest BCUT2D eigenvalue weighted by molar-refractivity contribution is 0.0520. The van der Waals surface area contributed by atoms with Gasteiger partial charge in [0, 0.05) is 22.4 Å². The van der Waals surface area contributed by atoms with Crippen LogP contribution in [0.3, 0.4) is 0 Å². The maximum atomic E-state index is 14.7. The molecular weight excluding hydrogens is 494 g/mol. The Bertz CT molecular complexity index is 1300. The van der Waals surface area contributed by atoms with Crippen LogP contribution >= 0.6 is 23.1 Å². The highest BCUT2D eigenvalue weighted by molar-refractivity contribution is 8.15. The van der Waals surface area contributed by atoms with Crippen molar-refractivity contribution in [2.75, 3.05) is 18.2 Å². The van der Waals surface area contributed by atoms with Crippen LogP contribution in [-0.4, -0.2) is 29.1 Å². The van der Waals surface area contributed by atoms with Gasteiger partial charge < -0.3 is 4.74 Å². The first-order chi connectivity index (χ1) is 17.0. The molecule has 2 aromatic carbocycles. The van der Waals surface area contributed by atoms with Crippen molar-refractivity contribution in [1.82, 2.24) is 4.98 Å². The topological polar surface area (TPSA) is 104 Å². The van der Waals surface area contributed by atoms with Crippen LogP contribution in [0.4, 0.5) is 13.9 Å². The molecule has 1 aromatic heterocycles. The SMILES string of the molecule is CCOC(=O)c1csc(N2N=C(c3cc(F)ccc3F)SC2(CCCN=[N+]=[N-])c2ccccc2)n1. The second kappa shape index (κ2) is 10.9. The average molecular weight is 515 g/mol. The Morgan fingerprint density at radius 3 is 2.80 bits per heavy atom. The lowest BCUT2D eigenvalue weighted by Crippen LogP contribution is -2.37. The fourth-order valence-electron chi connectivity index (χ4n) is 3.64. The van der Waals surface area contributed by atoms with Gasteiger partial charge in [0.05, 0.1) is 6.61 Å². The molecule has 1 aliphatic rings. The molecule has 0 radical (unpaired) electrons. The Kier molecular flexibility index (Phi) is 7.64. The number of carbonyl (C=O) groups is 1. The number of carbonyl (C=O) groups excluding carboxylic acids is 1. The lowest BCUT2D eigenvalue weighted by atomic mass is 10.0. The highest BCUT2D eigenvalue weighted by Crippen LogP contribution is 2.52.